The van der Waals surface area contributed by atoms with Gasteiger partial charge in [0.2, 0.25) is 0 Å². The van der Waals surface area contributed by atoms with E-state index < -0.39 is 69.2 Å². The van der Waals surface area contributed by atoms with Crippen molar-refractivity contribution in [2.75, 3.05) is 34.5 Å². The lowest BCUT2D eigenvalue weighted by molar-refractivity contribution is -0.144. The molecule has 6 aromatic carbocycles. The predicted molar refractivity (Wildman–Crippen MR) is 302 cm³/mol. The van der Waals surface area contributed by atoms with Gasteiger partial charge in [0.05, 0.1) is 35.5 Å². The molecule has 6 N–H and O–H groups in total. The first-order chi connectivity index (χ1) is 37.9. The van der Waals surface area contributed by atoms with Crippen LogP contribution in [0.5, 0.6) is 23.0 Å². The Balaban J connectivity index is 1.44. The first kappa shape index (κ1) is 62.7. The molecule has 0 radical (unpaired) electrons. The zero-order valence-corrected chi connectivity index (χ0v) is 47.4. The van der Waals surface area contributed by atoms with Crippen LogP contribution in [0.3, 0.4) is 0 Å². The van der Waals surface area contributed by atoms with Crippen molar-refractivity contribution in [1.82, 2.24) is 0 Å². The number of aromatic hydroxyl groups is 2. The van der Waals surface area contributed by atoms with Crippen molar-refractivity contribution in [3.05, 3.63) is 163 Å². The molecule has 440 valence electrons. The minimum atomic E-state index is -5.13. The smallest absolute Gasteiger partial charge is 0.416 e. The van der Waals surface area contributed by atoms with Crippen LogP contribution in [0.4, 0.5) is 75.4 Å². The van der Waals surface area contributed by atoms with Gasteiger partial charge in [0.1, 0.15) is 23.0 Å². The number of nitrogens with one attached hydrogen (secondary N) is 4. The molecule has 0 saturated heterocycles. The van der Waals surface area contributed by atoms with Gasteiger partial charge in [0, 0.05) is 70.7 Å². The molecule has 0 unspecified atom stereocenters. The van der Waals surface area contributed by atoms with Crippen LogP contribution in [0.2, 0.25) is 0 Å². The summed E-state index contributed by atoms with van der Waals surface area (Å²) >= 11 is 11.1. The van der Waals surface area contributed by atoms with E-state index in [-0.39, 0.29) is 84.1 Å². The number of halogens is 12. The van der Waals surface area contributed by atoms with E-state index in [4.69, 9.17) is 33.9 Å². The highest BCUT2D eigenvalue weighted by Gasteiger charge is 2.39. The van der Waals surface area contributed by atoms with E-state index in [2.05, 4.69) is 21.3 Å². The molecular formula is C60H60F12N4O4S2. The molecule has 0 saturated carbocycles. The molecule has 0 aliphatic heterocycles. The second-order valence-electron chi connectivity index (χ2n) is 22.2. The predicted octanol–water partition coefficient (Wildman–Crippen LogP) is 17.6. The van der Waals surface area contributed by atoms with E-state index in [1.54, 1.807) is 24.3 Å². The molecule has 8 nitrogen and oxygen atoms in total. The van der Waals surface area contributed by atoms with E-state index in [1.807, 2.05) is 79.7 Å². The van der Waals surface area contributed by atoms with Crippen LogP contribution < -0.4 is 30.7 Å². The van der Waals surface area contributed by atoms with Crippen LogP contribution in [0.1, 0.15) is 146 Å². The fourth-order valence-corrected chi connectivity index (χ4v) is 9.82. The molecule has 1 aliphatic rings. The van der Waals surface area contributed by atoms with Crippen molar-refractivity contribution >= 4 is 57.4 Å². The normalized spacial score (nSPS) is 13.3. The minimum Gasteiger partial charge on any atom is -0.507 e. The van der Waals surface area contributed by atoms with E-state index in [0.29, 0.717) is 93.1 Å². The molecule has 8 bridgehead atoms. The zero-order chi connectivity index (χ0) is 60.7. The topological polar surface area (TPSA) is 107 Å². The summed E-state index contributed by atoms with van der Waals surface area (Å²) < 4.78 is 180. The number of anilines is 4. The molecule has 0 spiro atoms. The van der Waals surface area contributed by atoms with Gasteiger partial charge in [-0.05, 0) is 142 Å². The van der Waals surface area contributed by atoms with Crippen LogP contribution in [0.15, 0.2) is 84.9 Å². The Labute approximate surface area is 477 Å². The van der Waals surface area contributed by atoms with Gasteiger partial charge in [-0.3, -0.25) is 0 Å². The fraction of sp³-hybridized carbons (Fsp3) is 0.367. The Kier molecular flexibility index (Phi) is 18.1. The van der Waals surface area contributed by atoms with Gasteiger partial charge in [0.25, 0.3) is 0 Å². The average molecular weight is 1190 g/mol. The van der Waals surface area contributed by atoms with E-state index >= 15 is 0 Å². The highest BCUT2D eigenvalue weighted by Crippen LogP contribution is 2.45. The van der Waals surface area contributed by atoms with Crippen molar-refractivity contribution in [2.45, 2.75) is 129 Å². The summed E-state index contributed by atoms with van der Waals surface area (Å²) in [7, 11) is 0. The number of benzene rings is 6. The summed E-state index contributed by atoms with van der Waals surface area (Å²) in [4.78, 5) is 0. The third-order valence-electron chi connectivity index (χ3n) is 13.4. The van der Waals surface area contributed by atoms with Crippen molar-refractivity contribution in [3.63, 3.8) is 0 Å². The Morgan fingerprint density at radius 1 is 0.378 bits per heavy atom. The Bertz CT molecular complexity index is 3010. The molecule has 82 heavy (non-hydrogen) atoms. The quantitative estimate of drug-likeness (QED) is 0.0450. The molecule has 0 amide bonds. The van der Waals surface area contributed by atoms with Gasteiger partial charge < -0.3 is 41.0 Å². The van der Waals surface area contributed by atoms with E-state index in [9.17, 15) is 62.9 Å². The lowest BCUT2D eigenvalue weighted by atomic mass is 9.81. The number of fused-ring (bicyclic) bond motifs is 8. The number of hydrogen-bond acceptors (Lipinski definition) is 6. The average Bonchev–Trinajstić information content (AvgIpc) is 3.50. The number of alkyl halides is 12. The van der Waals surface area contributed by atoms with Crippen LogP contribution >= 0.6 is 24.4 Å². The maximum Gasteiger partial charge on any atom is 0.416 e. The lowest BCUT2D eigenvalue weighted by Crippen LogP contribution is -2.21. The largest absolute Gasteiger partial charge is 0.507 e. The van der Waals surface area contributed by atoms with Crippen LogP contribution in [0, 0.1) is 0 Å². The molecule has 1 aliphatic carbocycles. The minimum absolute atomic E-state index is 0.00183. The molecule has 22 heteroatoms. The monoisotopic (exact) mass is 1190 g/mol. The number of thiocarbonyl (C=S) groups is 2. The number of rotatable bonds is 10. The van der Waals surface area contributed by atoms with E-state index in [1.165, 1.54) is 0 Å². The number of phenols is 2. The molecule has 0 heterocycles. The SMILES string of the molecule is CCCOc1c2cc(C(C)(C)C)cc1Cc1cc(NC(=S)Nc3cc(C(F)(F)F)cc(C(F)(F)F)c3)cc(c1O)Cc1cc(C(C)(C)C)cc(c1OCCC)Cc1cc(NC(=S)Nc3cc(C(F)(F)F)cc(C(F)(F)F)c3)cc(c1O)C2. The van der Waals surface area contributed by atoms with Crippen molar-refractivity contribution < 1.29 is 72.4 Å². The summed E-state index contributed by atoms with van der Waals surface area (Å²) in [6.07, 6.45) is -19.6. The van der Waals surface area contributed by atoms with Crippen molar-refractivity contribution in [2.24, 2.45) is 0 Å². The summed E-state index contributed by atoms with van der Waals surface area (Å²) in [6, 6.07) is 15.9. The first-order valence-electron chi connectivity index (χ1n) is 25.9. The zero-order valence-electron chi connectivity index (χ0n) is 45.8. The van der Waals surface area contributed by atoms with Crippen LogP contribution in [-0.2, 0) is 61.2 Å². The number of phenolic OH excluding ortho intramolecular Hbond substituents is 2. The highest BCUT2D eigenvalue weighted by atomic mass is 32.1. The Morgan fingerprint density at radius 2 is 0.610 bits per heavy atom. The van der Waals surface area contributed by atoms with Crippen LogP contribution in [-0.4, -0.2) is 33.7 Å². The number of hydrogen-bond donors (Lipinski definition) is 6. The Hall–Kier alpha value is -6.94. The van der Waals surface area contributed by atoms with Crippen molar-refractivity contribution in [1.29, 1.82) is 0 Å². The molecule has 0 atom stereocenters. The van der Waals surface area contributed by atoms with Gasteiger partial charge in [0.15, 0.2) is 10.2 Å². The lowest BCUT2D eigenvalue weighted by Gasteiger charge is -2.27. The molecule has 0 fully saturated rings. The maximum absolute atomic E-state index is 13.9. The molecule has 7 rings (SSSR count). The van der Waals surface area contributed by atoms with Gasteiger partial charge in [-0.25, -0.2) is 0 Å². The van der Waals surface area contributed by atoms with Gasteiger partial charge in [-0.15, -0.1) is 0 Å². The highest BCUT2D eigenvalue weighted by molar-refractivity contribution is 7.81. The summed E-state index contributed by atoms with van der Waals surface area (Å²) in [5.41, 5.74) is -3.03. The molecule has 0 aromatic heterocycles. The maximum atomic E-state index is 13.9. The fourth-order valence-electron chi connectivity index (χ4n) is 9.34. The standard InChI is InChI=1S/C60H60F12N4O4S2/c1-9-11-79-51-35-13-31-21-45(73-53(81)75-47-27-41(57(61,62)63)25-42(28-47)58(64,65)66)23-33(49(31)77)15-37-19-40(56(6,7)8)20-38(52(37)80-12-10-2)16-34-24-46(22-32(50(34)78)14-36(51)18-39(17-35)55(3,4)5)74-54(82)76-48-29-43(59(67,68)69)26-44(30-48)60(70,71)72/h17-30,77-78H,9-16H2,1-8H3,(H2,73,75,81)(H2,74,76,82). The van der Waals surface area contributed by atoms with E-state index in [0.717, 1.165) is 11.1 Å². The summed E-state index contributed by atoms with van der Waals surface area (Å²) in [5.74, 6) is 0.446. The third-order valence-corrected chi connectivity index (χ3v) is 13.8. The second-order valence-corrected chi connectivity index (χ2v) is 23.0. The molecule has 6 aromatic rings. The number of ether oxygens (including phenoxy) is 2. The summed E-state index contributed by atoms with van der Waals surface area (Å²) in [6.45, 7) is 16.0. The third kappa shape index (κ3) is 15.4. The van der Waals surface area contributed by atoms with Gasteiger partial charge in [-0.2, -0.15) is 52.7 Å². The molecular weight excluding hydrogens is 1130 g/mol. The Morgan fingerprint density at radius 3 is 0.817 bits per heavy atom. The summed E-state index contributed by atoms with van der Waals surface area (Å²) in [5, 5.41) is 35.1. The van der Waals surface area contributed by atoms with Gasteiger partial charge >= 0.3 is 24.7 Å². The first-order valence-corrected chi connectivity index (χ1v) is 26.8. The van der Waals surface area contributed by atoms with Gasteiger partial charge in [-0.1, -0.05) is 79.7 Å². The second kappa shape index (κ2) is 23.7. The van der Waals surface area contributed by atoms with Crippen molar-refractivity contribution in [3.8, 4) is 23.0 Å². The van der Waals surface area contributed by atoms with Crippen LogP contribution in [0.25, 0.3) is 0 Å².